The standard InChI is InChI=1S/C17H21N3O2/c1-11(20-8-6-12(7-9-20)17(18)22)16(21)14-10-19-15-5-3-2-4-13(14)15/h2-5,10-12,19H,6-9H2,1H3,(H2,18,22)/t11-/m1/s1. The molecule has 1 aromatic carbocycles. The molecule has 2 aromatic rings. The van der Waals surface area contributed by atoms with Crippen molar-refractivity contribution in [2.24, 2.45) is 11.7 Å². The van der Waals surface area contributed by atoms with E-state index < -0.39 is 0 Å². The molecular weight excluding hydrogens is 278 g/mol. The number of piperidine rings is 1. The van der Waals surface area contributed by atoms with Crippen LogP contribution in [0.4, 0.5) is 0 Å². The molecule has 0 unspecified atom stereocenters. The van der Waals surface area contributed by atoms with E-state index in [2.05, 4.69) is 9.88 Å². The molecule has 116 valence electrons. The number of nitrogens with one attached hydrogen (secondary N) is 1. The number of amides is 1. The fourth-order valence-electron chi connectivity index (χ4n) is 3.24. The van der Waals surface area contributed by atoms with Crippen LogP contribution in [0.2, 0.25) is 0 Å². The van der Waals surface area contributed by atoms with E-state index in [0.717, 1.165) is 42.4 Å². The first kappa shape index (κ1) is 14.8. The second-order valence-corrected chi connectivity index (χ2v) is 6.00. The first-order valence-electron chi connectivity index (χ1n) is 7.71. The molecule has 0 saturated carbocycles. The monoisotopic (exact) mass is 299 g/mol. The number of likely N-dealkylation sites (tertiary alicyclic amines) is 1. The fourth-order valence-corrected chi connectivity index (χ4v) is 3.24. The van der Waals surface area contributed by atoms with E-state index in [4.69, 9.17) is 5.73 Å². The molecule has 22 heavy (non-hydrogen) atoms. The second-order valence-electron chi connectivity index (χ2n) is 6.00. The summed E-state index contributed by atoms with van der Waals surface area (Å²) in [7, 11) is 0. The van der Waals surface area contributed by atoms with Crippen LogP contribution in [0.1, 0.15) is 30.1 Å². The van der Waals surface area contributed by atoms with Crippen molar-refractivity contribution in [1.29, 1.82) is 0 Å². The van der Waals surface area contributed by atoms with Gasteiger partial charge in [0.2, 0.25) is 5.91 Å². The van der Waals surface area contributed by atoms with Crippen molar-refractivity contribution in [3.63, 3.8) is 0 Å². The Morgan fingerprint density at radius 3 is 2.64 bits per heavy atom. The number of benzene rings is 1. The molecule has 1 aliphatic heterocycles. The maximum Gasteiger partial charge on any atom is 0.220 e. The van der Waals surface area contributed by atoms with Gasteiger partial charge in [-0.3, -0.25) is 14.5 Å². The lowest BCUT2D eigenvalue weighted by Crippen LogP contribution is -2.45. The topological polar surface area (TPSA) is 79.2 Å². The molecule has 1 aliphatic rings. The van der Waals surface area contributed by atoms with E-state index in [-0.39, 0.29) is 23.7 Å². The van der Waals surface area contributed by atoms with Crippen molar-refractivity contribution < 1.29 is 9.59 Å². The average Bonchev–Trinajstić information content (AvgIpc) is 2.97. The molecule has 3 N–H and O–H groups in total. The largest absolute Gasteiger partial charge is 0.369 e. The summed E-state index contributed by atoms with van der Waals surface area (Å²) in [6.45, 7) is 3.42. The Morgan fingerprint density at radius 1 is 1.27 bits per heavy atom. The van der Waals surface area contributed by atoms with Crippen LogP contribution < -0.4 is 5.73 Å². The van der Waals surface area contributed by atoms with Crippen LogP contribution in [0.25, 0.3) is 10.9 Å². The highest BCUT2D eigenvalue weighted by atomic mass is 16.1. The molecule has 0 aliphatic carbocycles. The minimum absolute atomic E-state index is 0.0494. The van der Waals surface area contributed by atoms with Crippen molar-refractivity contribution in [2.75, 3.05) is 13.1 Å². The average molecular weight is 299 g/mol. The molecule has 1 amide bonds. The molecule has 1 fully saturated rings. The number of rotatable bonds is 4. The van der Waals surface area contributed by atoms with Gasteiger partial charge in [0.1, 0.15) is 0 Å². The predicted molar refractivity (Wildman–Crippen MR) is 85.6 cm³/mol. The minimum atomic E-state index is -0.227. The van der Waals surface area contributed by atoms with Crippen molar-refractivity contribution in [1.82, 2.24) is 9.88 Å². The molecule has 2 heterocycles. The van der Waals surface area contributed by atoms with Gasteiger partial charge in [-0.05, 0) is 38.9 Å². The van der Waals surface area contributed by atoms with E-state index in [9.17, 15) is 9.59 Å². The maximum atomic E-state index is 12.8. The number of primary amides is 1. The van der Waals surface area contributed by atoms with Crippen LogP contribution in [0, 0.1) is 5.92 Å². The SMILES string of the molecule is C[C@H](C(=O)c1c[nH]c2ccccc12)N1CCC(C(N)=O)CC1. The second kappa shape index (κ2) is 5.93. The summed E-state index contributed by atoms with van der Waals surface area (Å²) in [4.78, 5) is 29.3. The number of para-hydroxylation sites is 1. The van der Waals surface area contributed by atoms with Crippen LogP contribution >= 0.6 is 0 Å². The third-order valence-electron chi connectivity index (χ3n) is 4.71. The zero-order valence-electron chi connectivity index (χ0n) is 12.7. The lowest BCUT2D eigenvalue weighted by molar-refractivity contribution is -0.123. The lowest BCUT2D eigenvalue weighted by Gasteiger charge is -2.34. The van der Waals surface area contributed by atoms with Gasteiger partial charge in [0.05, 0.1) is 6.04 Å². The van der Waals surface area contributed by atoms with Crippen LogP contribution in [-0.2, 0) is 4.79 Å². The number of aromatic nitrogens is 1. The first-order chi connectivity index (χ1) is 10.6. The van der Waals surface area contributed by atoms with Gasteiger partial charge >= 0.3 is 0 Å². The Kier molecular flexibility index (Phi) is 3.98. The van der Waals surface area contributed by atoms with E-state index in [1.54, 1.807) is 6.20 Å². The van der Waals surface area contributed by atoms with Crippen LogP contribution in [0.3, 0.4) is 0 Å². The lowest BCUT2D eigenvalue weighted by atomic mass is 9.94. The third-order valence-corrected chi connectivity index (χ3v) is 4.71. The Morgan fingerprint density at radius 2 is 1.95 bits per heavy atom. The van der Waals surface area contributed by atoms with Crippen LogP contribution in [0.5, 0.6) is 0 Å². The molecule has 0 bridgehead atoms. The normalized spacial score (nSPS) is 18.4. The third kappa shape index (κ3) is 2.64. The van der Waals surface area contributed by atoms with Gasteiger partial charge in [-0.15, -0.1) is 0 Å². The Bertz CT molecular complexity index is 699. The zero-order chi connectivity index (χ0) is 15.7. The molecule has 0 radical (unpaired) electrons. The molecular formula is C17H21N3O2. The quantitative estimate of drug-likeness (QED) is 0.847. The highest BCUT2D eigenvalue weighted by molar-refractivity contribution is 6.10. The highest BCUT2D eigenvalue weighted by Crippen LogP contribution is 2.23. The Labute approximate surface area is 129 Å². The summed E-state index contributed by atoms with van der Waals surface area (Å²) in [6, 6.07) is 7.63. The van der Waals surface area contributed by atoms with Crippen LogP contribution in [0.15, 0.2) is 30.5 Å². The van der Waals surface area contributed by atoms with Gasteiger partial charge in [0.25, 0.3) is 0 Å². The summed E-state index contributed by atoms with van der Waals surface area (Å²) < 4.78 is 0. The van der Waals surface area contributed by atoms with Crippen LogP contribution in [-0.4, -0.2) is 40.7 Å². The summed E-state index contributed by atoms with van der Waals surface area (Å²) in [5.41, 5.74) is 7.07. The minimum Gasteiger partial charge on any atom is -0.369 e. The number of carbonyl (C=O) groups is 2. The molecule has 5 heteroatoms. The number of Topliss-reactive ketones (excluding diaryl/α,β-unsaturated/α-hetero) is 1. The molecule has 5 nitrogen and oxygen atoms in total. The number of nitrogens with zero attached hydrogens (tertiary/aromatic N) is 1. The molecule has 0 spiro atoms. The Hall–Kier alpha value is -2.14. The molecule has 3 rings (SSSR count). The summed E-state index contributed by atoms with van der Waals surface area (Å²) in [5, 5.41) is 0.964. The van der Waals surface area contributed by atoms with Gasteiger partial charge in [-0.2, -0.15) is 0 Å². The van der Waals surface area contributed by atoms with E-state index in [0.29, 0.717) is 0 Å². The number of carbonyl (C=O) groups excluding carboxylic acids is 2. The summed E-state index contributed by atoms with van der Waals surface area (Å²) >= 11 is 0. The van der Waals surface area contributed by atoms with Gasteiger partial charge < -0.3 is 10.7 Å². The van der Waals surface area contributed by atoms with Gasteiger partial charge in [-0.1, -0.05) is 18.2 Å². The van der Waals surface area contributed by atoms with Gasteiger partial charge in [-0.25, -0.2) is 0 Å². The van der Waals surface area contributed by atoms with Crippen molar-refractivity contribution in [3.8, 4) is 0 Å². The smallest absolute Gasteiger partial charge is 0.220 e. The number of ketones is 1. The van der Waals surface area contributed by atoms with Crippen molar-refractivity contribution in [3.05, 3.63) is 36.0 Å². The molecule has 1 atom stereocenters. The number of aromatic amines is 1. The number of H-pyrrole nitrogens is 1. The number of hydrogen-bond acceptors (Lipinski definition) is 3. The van der Waals surface area contributed by atoms with Gasteiger partial charge in [0, 0.05) is 28.6 Å². The zero-order valence-corrected chi connectivity index (χ0v) is 12.7. The molecule has 1 saturated heterocycles. The van der Waals surface area contributed by atoms with Crippen molar-refractivity contribution in [2.45, 2.75) is 25.8 Å². The van der Waals surface area contributed by atoms with E-state index in [1.165, 1.54) is 0 Å². The number of nitrogens with two attached hydrogens (primary N) is 1. The van der Waals surface area contributed by atoms with Crippen molar-refractivity contribution >= 4 is 22.6 Å². The number of fused-ring (bicyclic) bond motifs is 1. The highest BCUT2D eigenvalue weighted by Gasteiger charge is 2.29. The molecule has 1 aromatic heterocycles. The Balaban J connectivity index is 1.74. The summed E-state index contributed by atoms with van der Waals surface area (Å²) in [6.07, 6.45) is 3.27. The van der Waals surface area contributed by atoms with E-state index in [1.807, 2.05) is 31.2 Å². The predicted octanol–water partition coefficient (Wildman–Crippen LogP) is 1.94. The first-order valence-corrected chi connectivity index (χ1v) is 7.71. The summed E-state index contributed by atoms with van der Waals surface area (Å²) in [5.74, 6) is -0.156. The maximum absolute atomic E-state index is 12.8. The number of hydrogen-bond donors (Lipinski definition) is 2. The van der Waals surface area contributed by atoms with E-state index >= 15 is 0 Å². The van der Waals surface area contributed by atoms with Gasteiger partial charge in [0.15, 0.2) is 5.78 Å². The fraction of sp³-hybridized carbons (Fsp3) is 0.412.